The zero-order valence-electron chi connectivity index (χ0n) is 28.0. The lowest BCUT2D eigenvalue weighted by Gasteiger charge is -2.38. The molecule has 1 aromatic carbocycles. The maximum Gasteiger partial charge on any atom is 0.310 e. The predicted octanol–water partition coefficient (Wildman–Crippen LogP) is 8.46. The van der Waals surface area contributed by atoms with Crippen LogP contribution >= 0.6 is 11.3 Å². The van der Waals surface area contributed by atoms with E-state index in [2.05, 4.69) is 13.0 Å². The van der Waals surface area contributed by atoms with Crippen molar-refractivity contribution in [2.24, 2.45) is 29.6 Å². The van der Waals surface area contributed by atoms with Gasteiger partial charge in [0.1, 0.15) is 0 Å². The van der Waals surface area contributed by atoms with Crippen molar-refractivity contribution in [3.63, 3.8) is 0 Å². The predicted molar refractivity (Wildman–Crippen MR) is 189 cm³/mol. The van der Waals surface area contributed by atoms with Gasteiger partial charge in [0.2, 0.25) is 5.91 Å². The highest BCUT2D eigenvalue weighted by molar-refractivity contribution is 7.14. The number of likely N-dealkylation sites (tertiary alicyclic amines) is 1. The first kappa shape index (κ1) is 32.9. The highest BCUT2D eigenvalue weighted by Gasteiger charge is 2.39. The summed E-state index contributed by atoms with van der Waals surface area (Å²) >= 11 is 1.55. The molecule has 7 nitrogen and oxygen atoms in total. The zero-order valence-corrected chi connectivity index (χ0v) is 28.8. The Morgan fingerprint density at radius 2 is 1.62 bits per heavy atom. The summed E-state index contributed by atoms with van der Waals surface area (Å²) in [7, 11) is 0. The monoisotopic (exact) mass is 665 g/mol. The second kappa shape index (κ2) is 14.5. The Bertz CT molecular complexity index is 1640. The number of Topliss-reactive ketones (excluding diaryl/α,β-unsaturated/α-hetero) is 1. The third-order valence-corrected chi connectivity index (χ3v) is 12.8. The van der Waals surface area contributed by atoms with Gasteiger partial charge in [-0.2, -0.15) is 0 Å². The van der Waals surface area contributed by atoms with E-state index in [-0.39, 0.29) is 31.2 Å². The Morgan fingerprint density at radius 1 is 0.896 bits per heavy atom. The standard InChI is InChI=1S/C40H47N3O4S/c1-2-25-3-7-27(8-4-25)28-11-13-29(14-12-28)33-21-41-38(42-22-33)31-9-5-26(6-10-31)19-32(39(45)43-23-34(24-43)40(46)47)20-35(44)37-18-17-36(48-37)30-15-16-30/h5-6,9-10,13,17-18,21-22,25,27-28,30,32,34H,2-4,7-8,11-12,14-16,19-20,23-24H2,1H3,(H,46,47)/t25?,27?,28?,32-/m1/s1. The number of aliphatic carboxylic acids is 1. The fraction of sp³-hybridized carbons (Fsp3) is 0.525. The molecule has 1 saturated heterocycles. The Hall–Kier alpha value is -3.65. The van der Waals surface area contributed by atoms with E-state index < -0.39 is 17.8 Å². The average Bonchev–Trinajstić information content (AvgIpc) is 3.83. The molecule has 1 N–H and O–H groups in total. The molecule has 4 aliphatic rings. The van der Waals surface area contributed by atoms with E-state index in [4.69, 9.17) is 9.97 Å². The minimum Gasteiger partial charge on any atom is -0.481 e. The van der Waals surface area contributed by atoms with Crippen LogP contribution in [0.2, 0.25) is 0 Å². The van der Waals surface area contributed by atoms with Gasteiger partial charge in [-0.05, 0) is 98.3 Å². The summed E-state index contributed by atoms with van der Waals surface area (Å²) < 4.78 is 0. The van der Waals surface area contributed by atoms with Gasteiger partial charge < -0.3 is 10.0 Å². The molecule has 2 aromatic heterocycles. The highest BCUT2D eigenvalue weighted by atomic mass is 32.1. The first-order valence-corrected chi connectivity index (χ1v) is 18.9. The number of amides is 1. The minimum atomic E-state index is -0.882. The van der Waals surface area contributed by atoms with Gasteiger partial charge in [0.25, 0.3) is 0 Å². The number of carbonyl (C=O) groups excluding carboxylic acids is 2. The fourth-order valence-corrected chi connectivity index (χ4v) is 9.19. The van der Waals surface area contributed by atoms with Crippen LogP contribution in [0, 0.1) is 29.6 Å². The summed E-state index contributed by atoms with van der Waals surface area (Å²) in [5.41, 5.74) is 4.33. The first-order chi connectivity index (χ1) is 23.3. The fourth-order valence-electron chi connectivity index (χ4n) is 8.06. The van der Waals surface area contributed by atoms with E-state index in [1.54, 1.807) is 16.2 Å². The third-order valence-electron chi connectivity index (χ3n) is 11.5. The van der Waals surface area contributed by atoms with Crippen LogP contribution in [-0.4, -0.2) is 50.7 Å². The molecule has 2 saturated carbocycles. The van der Waals surface area contributed by atoms with Gasteiger partial charge in [-0.25, -0.2) is 9.97 Å². The summed E-state index contributed by atoms with van der Waals surface area (Å²) in [4.78, 5) is 51.2. The number of carboxylic acids is 1. The number of benzene rings is 1. The number of aromatic nitrogens is 2. The molecular weight excluding hydrogens is 619 g/mol. The molecule has 3 heterocycles. The number of thiophene rings is 1. The number of allylic oxidation sites excluding steroid dienone is 2. The van der Waals surface area contributed by atoms with Crippen LogP contribution in [0.5, 0.6) is 0 Å². The third kappa shape index (κ3) is 7.49. The quantitative estimate of drug-likeness (QED) is 0.195. The van der Waals surface area contributed by atoms with E-state index in [9.17, 15) is 19.5 Å². The van der Waals surface area contributed by atoms with Crippen LogP contribution < -0.4 is 0 Å². The maximum absolute atomic E-state index is 13.5. The van der Waals surface area contributed by atoms with Gasteiger partial charge in [0.05, 0.1) is 10.8 Å². The van der Waals surface area contributed by atoms with E-state index in [1.807, 2.05) is 48.8 Å². The van der Waals surface area contributed by atoms with Gasteiger partial charge in [-0.15, -0.1) is 11.3 Å². The van der Waals surface area contributed by atoms with Crippen molar-refractivity contribution < 1.29 is 19.5 Å². The number of hydrogen-bond donors (Lipinski definition) is 1. The van der Waals surface area contributed by atoms with Gasteiger partial charge in [0.15, 0.2) is 11.6 Å². The molecule has 8 heteroatoms. The van der Waals surface area contributed by atoms with E-state index in [0.717, 1.165) is 40.9 Å². The molecule has 7 rings (SSSR count). The summed E-state index contributed by atoms with van der Waals surface area (Å²) in [5, 5.41) is 9.32. The molecule has 1 aliphatic heterocycles. The van der Waals surface area contributed by atoms with Crippen LogP contribution in [0.25, 0.3) is 17.0 Å². The number of nitrogens with zero attached hydrogens (tertiary/aromatic N) is 3. The van der Waals surface area contributed by atoms with Crippen LogP contribution in [-0.2, 0) is 16.0 Å². The molecule has 1 unspecified atom stereocenters. The Morgan fingerprint density at radius 3 is 2.25 bits per heavy atom. The summed E-state index contributed by atoms with van der Waals surface area (Å²) in [6.07, 6.45) is 19.7. The maximum atomic E-state index is 13.5. The summed E-state index contributed by atoms with van der Waals surface area (Å²) in [5.74, 6) is 1.78. The molecular formula is C40H47N3O4S. The van der Waals surface area contributed by atoms with Crippen molar-refractivity contribution in [1.82, 2.24) is 14.9 Å². The minimum absolute atomic E-state index is 0.0200. The van der Waals surface area contributed by atoms with E-state index in [0.29, 0.717) is 23.0 Å². The van der Waals surface area contributed by atoms with Crippen molar-refractivity contribution in [2.75, 3.05) is 13.1 Å². The smallest absolute Gasteiger partial charge is 0.310 e. The lowest BCUT2D eigenvalue weighted by molar-refractivity contribution is -0.154. The number of carboxylic acid groups (broad SMARTS) is 1. The van der Waals surface area contributed by atoms with Crippen molar-refractivity contribution >= 4 is 34.6 Å². The van der Waals surface area contributed by atoms with Gasteiger partial charge in [-0.1, -0.05) is 56.5 Å². The number of carbonyl (C=O) groups is 3. The number of ketones is 1. The molecule has 252 valence electrons. The van der Waals surface area contributed by atoms with Crippen LogP contribution in [0.15, 0.2) is 54.9 Å². The number of hydrogen-bond acceptors (Lipinski definition) is 6. The van der Waals surface area contributed by atoms with E-state index in [1.165, 1.54) is 68.2 Å². The second-order valence-corrected chi connectivity index (χ2v) is 15.8. The molecule has 0 spiro atoms. The zero-order chi connectivity index (χ0) is 33.2. The summed E-state index contributed by atoms with van der Waals surface area (Å²) in [6.45, 7) is 2.74. The van der Waals surface area contributed by atoms with Gasteiger partial charge >= 0.3 is 5.97 Å². The van der Waals surface area contributed by atoms with Gasteiger partial charge in [-0.3, -0.25) is 14.4 Å². The van der Waals surface area contributed by atoms with Crippen LogP contribution in [0.3, 0.4) is 0 Å². The summed E-state index contributed by atoms with van der Waals surface area (Å²) in [6, 6.07) is 11.9. The average molecular weight is 666 g/mol. The molecule has 3 aromatic rings. The Balaban J connectivity index is 0.980. The molecule has 1 amide bonds. The molecule has 2 atom stereocenters. The largest absolute Gasteiger partial charge is 0.481 e. The lowest BCUT2D eigenvalue weighted by Crippen LogP contribution is -2.55. The van der Waals surface area contributed by atoms with Crippen LogP contribution in [0.4, 0.5) is 0 Å². The second-order valence-electron chi connectivity index (χ2n) is 14.7. The normalized spacial score (nSPS) is 23.6. The SMILES string of the molecule is CCC1CCC(C2CC=C(c3cnc(-c4ccc(C[C@H](CC(=O)c5ccc(C6CC6)s5)C(=O)N5CC(C(=O)O)C5)cc4)nc3)CC2)CC1. The van der Waals surface area contributed by atoms with Gasteiger partial charge in [0, 0.05) is 53.8 Å². The number of rotatable bonds is 12. The van der Waals surface area contributed by atoms with Crippen LogP contribution in [0.1, 0.15) is 109 Å². The first-order valence-electron chi connectivity index (χ1n) is 18.1. The van der Waals surface area contributed by atoms with Crippen molar-refractivity contribution in [2.45, 2.75) is 89.9 Å². The molecule has 3 aliphatic carbocycles. The Kier molecular flexibility index (Phi) is 9.90. The topological polar surface area (TPSA) is 100 Å². The van der Waals surface area contributed by atoms with E-state index >= 15 is 0 Å². The van der Waals surface area contributed by atoms with Crippen molar-refractivity contribution in [3.8, 4) is 11.4 Å². The lowest BCUT2D eigenvalue weighted by atomic mass is 9.71. The highest BCUT2D eigenvalue weighted by Crippen LogP contribution is 2.44. The Labute approximate surface area is 287 Å². The molecule has 3 fully saturated rings. The van der Waals surface area contributed by atoms with Crippen molar-refractivity contribution in [1.29, 1.82) is 0 Å². The molecule has 0 bridgehead atoms. The van der Waals surface area contributed by atoms with Crippen molar-refractivity contribution in [3.05, 3.63) is 75.7 Å². The molecule has 0 radical (unpaired) electrons. The molecule has 48 heavy (non-hydrogen) atoms.